The van der Waals surface area contributed by atoms with E-state index >= 15 is 0 Å². The van der Waals surface area contributed by atoms with Crippen molar-refractivity contribution in [1.29, 1.82) is 0 Å². The molecule has 3 heteroatoms. The molecule has 1 rings (SSSR count). The fourth-order valence-electron chi connectivity index (χ4n) is 0.980. The second-order valence-electron chi connectivity index (χ2n) is 2.18. The van der Waals surface area contributed by atoms with E-state index in [4.69, 9.17) is 14.6 Å². The maximum atomic E-state index is 8.60. The quantitative estimate of drug-likeness (QED) is 0.580. The van der Waals surface area contributed by atoms with Gasteiger partial charge in [-0.3, -0.25) is 0 Å². The highest BCUT2D eigenvalue weighted by atomic mass is 16.7. The Morgan fingerprint density at radius 3 is 2.78 bits per heavy atom. The Hall–Kier alpha value is -0.120. The van der Waals surface area contributed by atoms with Crippen molar-refractivity contribution in [2.75, 3.05) is 13.7 Å². The van der Waals surface area contributed by atoms with Crippen LogP contribution in [0.1, 0.15) is 12.8 Å². The van der Waals surface area contributed by atoms with Crippen molar-refractivity contribution in [1.82, 2.24) is 0 Å². The number of ether oxygens (including phenoxy) is 2. The first-order valence-corrected chi connectivity index (χ1v) is 3.16. The second-order valence-corrected chi connectivity index (χ2v) is 2.18. The Labute approximate surface area is 54.6 Å². The molecule has 1 aliphatic rings. The number of hydrogen-bond donors (Lipinski definition) is 1. The Morgan fingerprint density at radius 2 is 2.44 bits per heavy atom. The Morgan fingerprint density at radius 1 is 1.67 bits per heavy atom. The van der Waals surface area contributed by atoms with E-state index in [1.54, 1.807) is 7.11 Å². The molecule has 0 amide bonds. The van der Waals surface area contributed by atoms with E-state index in [1.807, 2.05) is 0 Å². The predicted octanol–water partition coefficient (Wildman–Crippen LogP) is 0.130. The smallest absolute Gasteiger partial charge is 0.157 e. The van der Waals surface area contributed by atoms with Gasteiger partial charge in [0.25, 0.3) is 0 Å². The summed E-state index contributed by atoms with van der Waals surface area (Å²) < 4.78 is 10.1. The van der Waals surface area contributed by atoms with Gasteiger partial charge in [0.2, 0.25) is 0 Å². The zero-order valence-corrected chi connectivity index (χ0v) is 5.54. The summed E-state index contributed by atoms with van der Waals surface area (Å²) in [5, 5.41) is 8.60. The molecule has 0 aromatic rings. The molecular weight excluding hydrogens is 120 g/mol. The van der Waals surface area contributed by atoms with Gasteiger partial charge in [-0.1, -0.05) is 0 Å². The van der Waals surface area contributed by atoms with Crippen molar-refractivity contribution in [2.45, 2.75) is 25.2 Å². The first kappa shape index (κ1) is 6.99. The minimum atomic E-state index is -0.0813. The molecule has 1 unspecified atom stereocenters. The molecule has 3 nitrogen and oxygen atoms in total. The second kappa shape index (κ2) is 3.15. The van der Waals surface area contributed by atoms with E-state index in [-0.39, 0.29) is 19.0 Å². The summed E-state index contributed by atoms with van der Waals surface area (Å²) in [5.41, 5.74) is 0. The van der Waals surface area contributed by atoms with E-state index in [2.05, 4.69) is 0 Å². The van der Waals surface area contributed by atoms with Crippen molar-refractivity contribution in [3.8, 4) is 0 Å². The molecule has 0 aromatic heterocycles. The summed E-state index contributed by atoms with van der Waals surface area (Å²) in [6.07, 6.45) is 1.74. The van der Waals surface area contributed by atoms with Crippen LogP contribution in [0.15, 0.2) is 0 Å². The first-order chi connectivity index (χ1) is 4.36. The molecule has 0 radical (unpaired) electrons. The molecule has 1 heterocycles. The van der Waals surface area contributed by atoms with Crippen LogP contribution in [0.5, 0.6) is 0 Å². The fourth-order valence-corrected chi connectivity index (χ4v) is 0.980. The molecule has 0 saturated carbocycles. The average molecular weight is 132 g/mol. The number of aliphatic hydroxyl groups excluding tert-OH is 1. The molecule has 0 bridgehead atoms. The lowest BCUT2D eigenvalue weighted by molar-refractivity contribution is -0.122. The van der Waals surface area contributed by atoms with Gasteiger partial charge in [0.05, 0.1) is 12.7 Å². The maximum absolute atomic E-state index is 8.60. The van der Waals surface area contributed by atoms with Gasteiger partial charge in [-0.05, 0) is 6.42 Å². The van der Waals surface area contributed by atoms with Gasteiger partial charge in [-0.2, -0.15) is 0 Å². The Bertz CT molecular complexity index is 74.4. The van der Waals surface area contributed by atoms with E-state index in [9.17, 15) is 0 Å². The van der Waals surface area contributed by atoms with Crippen molar-refractivity contribution < 1.29 is 14.6 Å². The number of hydrogen-bond acceptors (Lipinski definition) is 3. The molecule has 2 atom stereocenters. The zero-order chi connectivity index (χ0) is 6.69. The molecule has 0 aliphatic carbocycles. The topological polar surface area (TPSA) is 38.7 Å². The molecule has 0 aromatic carbocycles. The lowest BCUT2D eigenvalue weighted by Crippen LogP contribution is -2.15. The third-order valence-corrected chi connectivity index (χ3v) is 1.54. The van der Waals surface area contributed by atoms with Crippen LogP contribution in [-0.2, 0) is 9.47 Å². The van der Waals surface area contributed by atoms with Crippen LogP contribution in [0.3, 0.4) is 0 Å². The average Bonchev–Trinajstić information content (AvgIpc) is 2.34. The van der Waals surface area contributed by atoms with E-state index in [0.717, 1.165) is 12.8 Å². The van der Waals surface area contributed by atoms with Gasteiger partial charge in [0.15, 0.2) is 6.29 Å². The van der Waals surface area contributed by atoms with E-state index in [0.29, 0.717) is 0 Å². The minimum Gasteiger partial charge on any atom is -0.394 e. The Balaban J connectivity index is 2.20. The largest absolute Gasteiger partial charge is 0.394 e. The third kappa shape index (κ3) is 1.64. The van der Waals surface area contributed by atoms with Crippen LogP contribution < -0.4 is 0 Å². The van der Waals surface area contributed by atoms with Crippen LogP contribution in [-0.4, -0.2) is 31.2 Å². The molecule has 54 valence electrons. The number of methoxy groups -OCH3 is 1. The number of rotatable bonds is 2. The van der Waals surface area contributed by atoms with Gasteiger partial charge >= 0.3 is 0 Å². The molecule has 0 spiro atoms. The highest BCUT2D eigenvalue weighted by Crippen LogP contribution is 2.18. The standard InChI is InChI=1S/C6H12O3/c1-8-6-3-2-5(4-7)9-6/h5-7H,2-4H2,1H3/t5-,6?/m0/s1. The van der Waals surface area contributed by atoms with Crippen molar-refractivity contribution in [2.24, 2.45) is 0 Å². The lowest BCUT2D eigenvalue weighted by Gasteiger charge is -2.08. The molecular formula is C6H12O3. The lowest BCUT2D eigenvalue weighted by atomic mass is 10.2. The monoisotopic (exact) mass is 132 g/mol. The van der Waals surface area contributed by atoms with Crippen molar-refractivity contribution in [3.63, 3.8) is 0 Å². The molecule has 9 heavy (non-hydrogen) atoms. The minimum absolute atomic E-state index is 0.00921. The highest BCUT2D eigenvalue weighted by molar-refractivity contribution is 4.65. The van der Waals surface area contributed by atoms with Gasteiger partial charge in [-0.15, -0.1) is 0 Å². The van der Waals surface area contributed by atoms with Crippen molar-refractivity contribution in [3.05, 3.63) is 0 Å². The zero-order valence-electron chi connectivity index (χ0n) is 5.54. The molecule has 1 aliphatic heterocycles. The summed E-state index contributed by atoms with van der Waals surface area (Å²) >= 11 is 0. The van der Waals surface area contributed by atoms with Crippen LogP contribution in [0, 0.1) is 0 Å². The van der Waals surface area contributed by atoms with E-state index in [1.165, 1.54) is 0 Å². The SMILES string of the molecule is COC1CC[C@@H](CO)O1. The van der Waals surface area contributed by atoms with Crippen LogP contribution in [0.25, 0.3) is 0 Å². The Kier molecular flexibility index (Phi) is 2.45. The first-order valence-electron chi connectivity index (χ1n) is 3.16. The maximum Gasteiger partial charge on any atom is 0.157 e. The van der Waals surface area contributed by atoms with Gasteiger partial charge in [0.1, 0.15) is 0 Å². The van der Waals surface area contributed by atoms with Crippen molar-refractivity contribution >= 4 is 0 Å². The summed E-state index contributed by atoms with van der Waals surface area (Å²) in [7, 11) is 1.62. The van der Waals surface area contributed by atoms with E-state index < -0.39 is 0 Å². The normalized spacial score (nSPS) is 35.3. The third-order valence-electron chi connectivity index (χ3n) is 1.54. The summed E-state index contributed by atoms with van der Waals surface area (Å²) in [6, 6.07) is 0. The van der Waals surface area contributed by atoms with Crippen LogP contribution >= 0.6 is 0 Å². The molecule has 1 N–H and O–H groups in total. The molecule has 1 saturated heterocycles. The predicted molar refractivity (Wildman–Crippen MR) is 32.0 cm³/mol. The van der Waals surface area contributed by atoms with Gasteiger partial charge in [0, 0.05) is 13.5 Å². The summed E-state index contributed by atoms with van der Waals surface area (Å²) in [5.74, 6) is 0. The number of aliphatic hydroxyl groups is 1. The van der Waals surface area contributed by atoms with Crippen LogP contribution in [0.4, 0.5) is 0 Å². The molecule has 1 fully saturated rings. The fraction of sp³-hybridized carbons (Fsp3) is 1.00. The highest BCUT2D eigenvalue weighted by Gasteiger charge is 2.23. The summed E-state index contributed by atoms with van der Waals surface area (Å²) in [4.78, 5) is 0. The van der Waals surface area contributed by atoms with Gasteiger partial charge in [-0.25, -0.2) is 0 Å². The summed E-state index contributed by atoms with van der Waals surface area (Å²) in [6.45, 7) is 0.111. The van der Waals surface area contributed by atoms with Gasteiger partial charge < -0.3 is 14.6 Å². The van der Waals surface area contributed by atoms with Crippen LogP contribution in [0.2, 0.25) is 0 Å².